The van der Waals surface area contributed by atoms with Gasteiger partial charge in [0.2, 0.25) is 0 Å². The lowest BCUT2D eigenvalue weighted by molar-refractivity contribution is 0.544. The van der Waals surface area contributed by atoms with Crippen LogP contribution in [-0.2, 0) is 0 Å². The Labute approximate surface area is 124 Å². The molecule has 0 aliphatic heterocycles. The third-order valence-electron chi connectivity index (χ3n) is 3.84. The molecule has 0 bridgehead atoms. The minimum atomic E-state index is 0.0443. The molecule has 0 aliphatic rings. The second-order valence-electron chi connectivity index (χ2n) is 6.28. The van der Waals surface area contributed by atoms with Crippen LogP contribution in [0, 0.1) is 0 Å². The third kappa shape index (κ3) is 18.0. The molecular formula is C18H37Si. The van der Waals surface area contributed by atoms with E-state index in [4.69, 9.17) is 0 Å². The zero-order chi connectivity index (χ0) is 14.2. The smallest absolute Gasteiger partial charge is 0.0412 e. The van der Waals surface area contributed by atoms with Gasteiger partial charge in [-0.2, -0.15) is 0 Å². The van der Waals surface area contributed by atoms with Gasteiger partial charge in [0, 0.05) is 8.80 Å². The topological polar surface area (TPSA) is 0 Å². The van der Waals surface area contributed by atoms with Crippen LogP contribution in [-0.4, -0.2) is 8.80 Å². The van der Waals surface area contributed by atoms with Gasteiger partial charge in [0.1, 0.15) is 0 Å². The quantitative estimate of drug-likeness (QED) is 0.172. The van der Waals surface area contributed by atoms with Crippen molar-refractivity contribution in [2.75, 3.05) is 0 Å². The van der Waals surface area contributed by atoms with Crippen LogP contribution in [0.3, 0.4) is 0 Å². The van der Waals surface area contributed by atoms with Crippen LogP contribution in [0.4, 0.5) is 0 Å². The minimum absolute atomic E-state index is 0.0443. The van der Waals surface area contributed by atoms with Gasteiger partial charge in [-0.3, -0.25) is 0 Å². The molecule has 0 spiro atoms. The van der Waals surface area contributed by atoms with E-state index >= 15 is 0 Å². The molecule has 1 heteroatoms. The van der Waals surface area contributed by atoms with Crippen molar-refractivity contribution >= 4 is 8.80 Å². The van der Waals surface area contributed by atoms with Gasteiger partial charge in [-0.15, -0.1) is 6.58 Å². The molecule has 0 saturated carbocycles. The fraction of sp³-hybridized carbons (Fsp3) is 0.889. The maximum absolute atomic E-state index is 3.76. The Morgan fingerprint density at radius 1 is 0.632 bits per heavy atom. The van der Waals surface area contributed by atoms with E-state index in [2.05, 4.69) is 19.7 Å². The molecule has 0 unspecified atom stereocenters. The minimum Gasteiger partial charge on any atom is -0.103 e. The van der Waals surface area contributed by atoms with Crippen LogP contribution in [0.2, 0.25) is 19.1 Å². The van der Waals surface area contributed by atoms with Crippen molar-refractivity contribution in [3.05, 3.63) is 12.7 Å². The first-order valence-electron chi connectivity index (χ1n) is 8.67. The third-order valence-corrected chi connectivity index (χ3v) is 5.19. The Kier molecular flexibility index (Phi) is 16.0. The second kappa shape index (κ2) is 16.0. The number of unbranched alkanes of at least 4 members (excludes halogenated alkanes) is 12. The first-order valence-corrected chi connectivity index (χ1v) is 11.4. The normalized spacial score (nSPS) is 11.1. The molecule has 0 aromatic rings. The first-order chi connectivity index (χ1) is 9.27. The van der Waals surface area contributed by atoms with Crippen molar-refractivity contribution in [3.63, 3.8) is 0 Å². The van der Waals surface area contributed by atoms with Crippen LogP contribution >= 0.6 is 0 Å². The molecule has 0 atom stereocenters. The lowest BCUT2D eigenvalue weighted by Crippen LogP contribution is -1.97. The summed E-state index contributed by atoms with van der Waals surface area (Å²) >= 11 is 0. The Hall–Kier alpha value is -0.0431. The van der Waals surface area contributed by atoms with Crippen LogP contribution < -0.4 is 0 Å². The van der Waals surface area contributed by atoms with Crippen molar-refractivity contribution in [3.8, 4) is 0 Å². The molecule has 0 amide bonds. The van der Waals surface area contributed by atoms with E-state index in [0.29, 0.717) is 0 Å². The number of hydrogen-bond donors (Lipinski definition) is 0. The Morgan fingerprint density at radius 2 is 1.00 bits per heavy atom. The van der Waals surface area contributed by atoms with Gasteiger partial charge < -0.3 is 0 Å². The zero-order valence-electron chi connectivity index (χ0n) is 13.7. The predicted octanol–water partition coefficient (Wildman–Crippen LogP) is 7.00. The fourth-order valence-corrected chi connectivity index (χ4v) is 3.49. The summed E-state index contributed by atoms with van der Waals surface area (Å²) < 4.78 is 0. The highest BCUT2D eigenvalue weighted by atomic mass is 28.3. The van der Waals surface area contributed by atoms with E-state index in [1.165, 1.54) is 89.5 Å². The summed E-state index contributed by atoms with van der Waals surface area (Å²) in [6.07, 6.45) is 20.7. The molecule has 0 saturated heterocycles. The maximum Gasteiger partial charge on any atom is 0.0412 e. The Morgan fingerprint density at radius 3 is 1.37 bits per heavy atom. The average molecular weight is 282 g/mol. The lowest BCUT2D eigenvalue weighted by atomic mass is 10.0. The molecule has 0 fully saturated rings. The number of allylic oxidation sites excluding steroid dienone is 1. The molecule has 0 heterocycles. The highest BCUT2D eigenvalue weighted by Crippen LogP contribution is 2.13. The largest absolute Gasteiger partial charge is 0.103 e. The zero-order valence-corrected chi connectivity index (χ0v) is 14.7. The summed E-state index contributed by atoms with van der Waals surface area (Å²) in [6.45, 7) is 8.63. The van der Waals surface area contributed by atoms with Gasteiger partial charge in [-0.25, -0.2) is 0 Å². The van der Waals surface area contributed by atoms with Crippen molar-refractivity contribution in [2.24, 2.45) is 0 Å². The summed E-state index contributed by atoms with van der Waals surface area (Å²) in [5.74, 6) is 0. The van der Waals surface area contributed by atoms with Crippen LogP contribution in [0.1, 0.15) is 83.5 Å². The molecule has 113 valence electrons. The number of rotatable bonds is 15. The summed E-state index contributed by atoms with van der Waals surface area (Å²) in [5.41, 5.74) is 0. The molecule has 0 N–H and O–H groups in total. The summed E-state index contributed by atoms with van der Waals surface area (Å²) in [5, 5.41) is 0. The maximum atomic E-state index is 3.76. The Balaban J connectivity index is 2.93. The Bertz CT molecular complexity index is 175. The van der Waals surface area contributed by atoms with Crippen molar-refractivity contribution in [1.29, 1.82) is 0 Å². The van der Waals surface area contributed by atoms with Crippen LogP contribution in [0.5, 0.6) is 0 Å². The van der Waals surface area contributed by atoms with Crippen molar-refractivity contribution in [2.45, 2.75) is 103 Å². The molecule has 19 heavy (non-hydrogen) atoms. The molecule has 0 nitrogen and oxygen atoms in total. The van der Waals surface area contributed by atoms with Crippen molar-refractivity contribution < 1.29 is 0 Å². The number of hydrogen-bond acceptors (Lipinski definition) is 0. The SMILES string of the molecule is C=CCCCCCCCCCCCCCC[Si](C)C. The van der Waals surface area contributed by atoms with Crippen LogP contribution in [0.25, 0.3) is 0 Å². The summed E-state index contributed by atoms with van der Waals surface area (Å²) in [4.78, 5) is 0. The molecule has 0 rings (SSSR count). The van der Waals surface area contributed by atoms with Gasteiger partial charge >= 0.3 is 0 Å². The monoisotopic (exact) mass is 281 g/mol. The van der Waals surface area contributed by atoms with Gasteiger partial charge in [-0.1, -0.05) is 95.8 Å². The standard InChI is InChI=1S/C18H37Si/c1-4-5-6-7-8-9-10-11-12-13-14-15-16-17-18-19(2)3/h4H,1,5-18H2,2-3H3. The lowest BCUT2D eigenvalue weighted by Gasteiger charge is -2.04. The van der Waals surface area contributed by atoms with Gasteiger partial charge in [0.15, 0.2) is 0 Å². The summed E-state index contributed by atoms with van der Waals surface area (Å²) in [7, 11) is 0.0443. The van der Waals surface area contributed by atoms with Gasteiger partial charge in [0.05, 0.1) is 0 Å². The average Bonchev–Trinajstić information content (AvgIpc) is 2.39. The summed E-state index contributed by atoms with van der Waals surface area (Å²) in [6, 6.07) is 1.52. The first kappa shape index (κ1) is 19.0. The van der Waals surface area contributed by atoms with Gasteiger partial charge in [0.25, 0.3) is 0 Å². The molecule has 0 aromatic heterocycles. The van der Waals surface area contributed by atoms with E-state index in [-0.39, 0.29) is 8.80 Å². The highest BCUT2D eigenvalue weighted by molar-refractivity contribution is 6.55. The molecule has 0 aromatic carbocycles. The van der Waals surface area contributed by atoms with Gasteiger partial charge in [-0.05, 0) is 12.8 Å². The van der Waals surface area contributed by atoms with E-state index in [0.717, 1.165) is 0 Å². The molecule has 1 radical (unpaired) electrons. The highest BCUT2D eigenvalue weighted by Gasteiger charge is 1.96. The molecular weight excluding hydrogens is 244 g/mol. The van der Waals surface area contributed by atoms with E-state index < -0.39 is 0 Å². The van der Waals surface area contributed by atoms with E-state index in [1.807, 2.05) is 6.08 Å². The molecule has 0 aliphatic carbocycles. The van der Waals surface area contributed by atoms with Crippen LogP contribution in [0.15, 0.2) is 12.7 Å². The fourth-order valence-electron chi connectivity index (χ4n) is 2.53. The predicted molar refractivity (Wildman–Crippen MR) is 92.5 cm³/mol. The second-order valence-corrected chi connectivity index (χ2v) is 9.19. The van der Waals surface area contributed by atoms with E-state index in [1.54, 1.807) is 0 Å². The van der Waals surface area contributed by atoms with Crippen molar-refractivity contribution in [1.82, 2.24) is 0 Å². The van der Waals surface area contributed by atoms with E-state index in [9.17, 15) is 0 Å².